The van der Waals surface area contributed by atoms with Crippen LogP contribution in [0.5, 0.6) is 5.75 Å². The number of unbranched alkanes of at least 4 members (excludes halogenated alkanes) is 1. The lowest BCUT2D eigenvalue weighted by Gasteiger charge is -2.38. The van der Waals surface area contributed by atoms with Gasteiger partial charge in [-0.15, -0.1) is 0 Å². The summed E-state index contributed by atoms with van der Waals surface area (Å²) in [5.41, 5.74) is 0.755. The van der Waals surface area contributed by atoms with Gasteiger partial charge in [0.05, 0.1) is 23.7 Å². The van der Waals surface area contributed by atoms with Gasteiger partial charge in [-0.3, -0.25) is 38.4 Å². The third kappa shape index (κ3) is 20.7. The Morgan fingerprint density at radius 2 is 1.52 bits per heavy atom. The smallest absolute Gasteiger partial charge is 0.347 e. The Balaban J connectivity index is 1.27. The van der Waals surface area contributed by atoms with Crippen molar-refractivity contribution in [3.63, 3.8) is 0 Å². The van der Waals surface area contributed by atoms with E-state index >= 15 is 0 Å². The van der Waals surface area contributed by atoms with Crippen molar-refractivity contribution in [1.29, 1.82) is 0 Å². The molecule has 0 radical (unpaired) electrons. The second-order valence-corrected chi connectivity index (χ2v) is 23.7. The van der Waals surface area contributed by atoms with Crippen LogP contribution in [0.2, 0.25) is 5.02 Å². The summed E-state index contributed by atoms with van der Waals surface area (Å²) in [4.78, 5) is 119. The Labute approximate surface area is 505 Å². The van der Waals surface area contributed by atoms with Crippen LogP contribution >= 0.6 is 11.6 Å². The Morgan fingerprint density at radius 3 is 2.16 bits per heavy atom. The molecular formula is C60H85ClN6O19. The zero-order valence-electron chi connectivity index (χ0n) is 50.1. The lowest BCUT2D eigenvalue weighted by atomic mass is 9.92. The molecule has 5 rings (SSSR count). The van der Waals surface area contributed by atoms with Gasteiger partial charge < -0.3 is 80.7 Å². The first kappa shape index (κ1) is 70.0. The number of carboxylic acids is 1. The van der Waals surface area contributed by atoms with E-state index in [0.717, 1.165) is 5.56 Å². The number of hydrogen-bond acceptors (Lipinski definition) is 18. The zero-order chi connectivity index (χ0) is 63.6. The van der Waals surface area contributed by atoms with Crippen molar-refractivity contribution in [2.75, 3.05) is 27.3 Å². The van der Waals surface area contributed by atoms with Gasteiger partial charge in [-0.25, -0.2) is 4.79 Å². The van der Waals surface area contributed by atoms with Gasteiger partial charge in [-0.2, -0.15) is 0 Å². The number of methoxy groups -OCH3 is 2. The minimum atomic E-state index is -1.75. The highest BCUT2D eigenvalue weighted by Crippen LogP contribution is 2.45. The number of aliphatic hydroxyl groups excluding tert-OH is 3. The van der Waals surface area contributed by atoms with E-state index < -0.39 is 144 Å². The van der Waals surface area contributed by atoms with Crippen molar-refractivity contribution in [1.82, 2.24) is 31.9 Å². The number of aliphatic hydroxyl groups is 3. The monoisotopic (exact) mass is 1230 g/mol. The summed E-state index contributed by atoms with van der Waals surface area (Å²) < 4.78 is 33.8. The predicted octanol–water partition coefficient (Wildman–Crippen LogP) is 2.36. The van der Waals surface area contributed by atoms with Crippen LogP contribution in [-0.4, -0.2) is 168 Å². The van der Waals surface area contributed by atoms with Crippen LogP contribution in [0, 0.1) is 23.2 Å². The minimum absolute atomic E-state index is 0.0199. The molecule has 13 atom stereocenters. The standard InChI is InChI=1S/C60H85ClN6O19/c1-31(2)26-42-57(79)83-40(15-12-16-43(68)65-39(28-35-21-24-41(81-8)37(61)27-35)54(76)64-30-60(6,7)59(80)84-42)33(5)50-51(85-50)36-22-19-34(20-23-36)29-63-53(75)38(66-55(77)46(32(3)4)67-44(69)17-13-18-45(70)71)14-10-11-25-62-56(78)52-48(73)47(72)49(74)58(82-9)86-52/h12,16,19-24,27,31-33,38-40,42,46-52,58,72-74H,10-11,13-15,17-18,25-26,28-30H2,1-9H3,(H,62,78)(H,63,75)(H,64,76)(H,65,68)(H,66,77)(H,67,69)(H,70,71)/b16-12+/t33-,38-,39+,40-,42-,46-,47-,48-,49+,50+,51+,52-,58+/m0/s1. The summed E-state index contributed by atoms with van der Waals surface area (Å²) >= 11 is 6.39. The number of benzene rings is 2. The highest BCUT2D eigenvalue weighted by Gasteiger charge is 2.49. The molecule has 6 amide bonds. The lowest BCUT2D eigenvalue weighted by Crippen LogP contribution is -2.61. The Hall–Kier alpha value is -6.74. The van der Waals surface area contributed by atoms with Crippen LogP contribution in [-0.2, 0) is 79.8 Å². The number of aliphatic carboxylic acids is 1. The zero-order valence-corrected chi connectivity index (χ0v) is 50.9. The molecule has 10 N–H and O–H groups in total. The number of carbonyl (C=O) groups is 9. The first-order chi connectivity index (χ1) is 40.6. The average molecular weight is 1230 g/mol. The maximum atomic E-state index is 14.0. The van der Waals surface area contributed by atoms with Crippen molar-refractivity contribution in [3.05, 3.63) is 76.3 Å². The van der Waals surface area contributed by atoms with E-state index in [0.29, 0.717) is 21.9 Å². The number of ether oxygens (including phenoxy) is 6. The highest BCUT2D eigenvalue weighted by molar-refractivity contribution is 6.32. The number of carboxylic acid groups (broad SMARTS) is 1. The summed E-state index contributed by atoms with van der Waals surface area (Å²) in [6, 6.07) is 8.89. The number of amides is 6. The third-order valence-electron chi connectivity index (χ3n) is 15.0. The molecule has 86 heavy (non-hydrogen) atoms. The summed E-state index contributed by atoms with van der Waals surface area (Å²) in [6.07, 6.45) is -7.76. The van der Waals surface area contributed by atoms with Gasteiger partial charge in [0.2, 0.25) is 29.5 Å². The van der Waals surface area contributed by atoms with Gasteiger partial charge in [0.1, 0.15) is 54.4 Å². The van der Waals surface area contributed by atoms with E-state index in [4.69, 9.17) is 45.1 Å². The van der Waals surface area contributed by atoms with E-state index in [9.17, 15) is 58.5 Å². The number of epoxide rings is 1. The van der Waals surface area contributed by atoms with Crippen LogP contribution in [0.1, 0.15) is 123 Å². The fourth-order valence-corrected chi connectivity index (χ4v) is 10.00. The molecule has 3 aliphatic heterocycles. The van der Waals surface area contributed by atoms with Gasteiger partial charge in [0.15, 0.2) is 18.5 Å². The molecule has 0 spiro atoms. The Morgan fingerprint density at radius 1 is 0.826 bits per heavy atom. The molecule has 2 fully saturated rings. The maximum absolute atomic E-state index is 14.0. The number of carbonyl (C=O) groups excluding carboxylic acids is 8. The molecule has 3 heterocycles. The van der Waals surface area contributed by atoms with E-state index in [2.05, 4.69) is 31.9 Å². The van der Waals surface area contributed by atoms with Crippen LogP contribution in [0.15, 0.2) is 54.6 Å². The molecule has 2 saturated heterocycles. The molecule has 26 heteroatoms. The molecule has 0 bridgehead atoms. The van der Waals surface area contributed by atoms with Crippen molar-refractivity contribution >= 4 is 65.0 Å². The number of halogens is 1. The van der Waals surface area contributed by atoms with Crippen LogP contribution in [0.3, 0.4) is 0 Å². The first-order valence-corrected chi connectivity index (χ1v) is 29.3. The molecule has 3 aliphatic rings. The SMILES string of the molecule is COc1ccc(C[C@H]2NC(=O)/C=C/C[C@@H]([C@H](C)[C@H]3O[C@@H]3c3ccc(CNC(=O)[C@H](CCCCNC(=O)[C@H]4O[C@@H](OC)[C@H](O)[C@@H](O)[C@@H]4O)NC(=O)[C@@H](NC(=O)CCCC(=O)O)C(C)C)cc3)OC(=O)[C@H](CC(C)C)OC(=O)C(C)(C)CNC2=O)cc1Cl. The molecule has 0 unspecified atom stereocenters. The second kappa shape index (κ2) is 32.8. The lowest BCUT2D eigenvalue weighted by molar-refractivity contribution is -0.283. The summed E-state index contributed by atoms with van der Waals surface area (Å²) in [5, 5.41) is 56.4. The minimum Gasteiger partial charge on any atom is -0.495 e. The van der Waals surface area contributed by atoms with Crippen LogP contribution < -0.4 is 36.6 Å². The van der Waals surface area contributed by atoms with Gasteiger partial charge in [0.25, 0.3) is 5.91 Å². The van der Waals surface area contributed by atoms with Crippen LogP contribution in [0.4, 0.5) is 0 Å². The number of cyclic esters (lactones) is 2. The quantitative estimate of drug-likeness (QED) is 0.0367. The van der Waals surface area contributed by atoms with Gasteiger partial charge in [0, 0.05) is 58.3 Å². The second-order valence-electron chi connectivity index (χ2n) is 23.3. The molecule has 0 aliphatic carbocycles. The predicted molar refractivity (Wildman–Crippen MR) is 309 cm³/mol. The van der Waals surface area contributed by atoms with Gasteiger partial charge in [-0.05, 0) is 92.7 Å². The third-order valence-corrected chi connectivity index (χ3v) is 15.3. The first-order valence-electron chi connectivity index (χ1n) is 29.0. The molecule has 25 nitrogen and oxygen atoms in total. The average Bonchev–Trinajstić information content (AvgIpc) is 1.95. The van der Waals surface area contributed by atoms with Gasteiger partial charge in [-0.1, -0.05) is 82.6 Å². The number of esters is 2. The normalized spacial score (nSPS) is 25.9. The Bertz CT molecular complexity index is 2710. The topological polar surface area (TPSA) is 365 Å². The number of hydrogen-bond donors (Lipinski definition) is 10. The van der Waals surface area contributed by atoms with E-state index in [1.165, 1.54) is 26.4 Å². The summed E-state index contributed by atoms with van der Waals surface area (Å²) in [5.74, 6) is -6.88. The maximum Gasteiger partial charge on any atom is 0.347 e. The van der Waals surface area contributed by atoms with Crippen LogP contribution in [0.25, 0.3) is 0 Å². The van der Waals surface area contributed by atoms with E-state index in [1.54, 1.807) is 58.0 Å². The highest BCUT2D eigenvalue weighted by atomic mass is 35.5. The largest absolute Gasteiger partial charge is 0.495 e. The fraction of sp³-hybridized carbons (Fsp3) is 0.617. The molecule has 2 aromatic rings. The van der Waals surface area contributed by atoms with Gasteiger partial charge >= 0.3 is 17.9 Å². The number of nitrogens with one attached hydrogen (secondary N) is 6. The van der Waals surface area contributed by atoms with E-state index in [-0.39, 0.29) is 83.3 Å². The van der Waals surface area contributed by atoms with Crippen molar-refractivity contribution < 1.29 is 92.0 Å². The molecular weight excluding hydrogens is 1140 g/mol. The van der Waals surface area contributed by atoms with Crippen molar-refractivity contribution in [2.45, 2.75) is 186 Å². The Kier molecular flexibility index (Phi) is 26.7. The van der Waals surface area contributed by atoms with E-state index in [1.807, 2.05) is 32.9 Å². The summed E-state index contributed by atoms with van der Waals surface area (Å²) in [7, 11) is 2.67. The fourth-order valence-electron chi connectivity index (χ4n) is 9.72. The van der Waals surface area contributed by atoms with Crippen molar-refractivity contribution in [3.8, 4) is 5.75 Å². The molecule has 0 saturated carbocycles. The molecule has 476 valence electrons. The summed E-state index contributed by atoms with van der Waals surface area (Å²) in [6.45, 7) is 12.0. The van der Waals surface area contributed by atoms with Crippen molar-refractivity contribution in [2.24, 2.45) is 23.2 Å². The molecule has 2 aromatic carbocycles. The number of rotatable bonds is 26. The molecule has 0 aromatic heterocycles.